The second kappa shape index (κ2) is 14.8. The van der Waals surface area contributed by atoms with Gasteiger partial charge in [0.25, 0.3) is 0 Å². The van der Waals surface area contributed by atoms with E-state index < -0.39 is 0 Å². The topological polar surface area (TPSA) is 8.17 Å². The van der Waals surface area contributed by atoms with Gasteiger partial charge in [0, 0.05) is 33.1 Å². The Morgan fingerprint density at radius 3 is 1.52 bits per heavy atom. The van der Waals surface area contributed by atoms with Gasteiger partial charge >= 0.3 is 0 Å². The molecule has 0 unspecified atom stereocenters. The molecule has 0 aliphatic carbocycles. The second-order valence-electron chi connectivity index (χ2n) is 16.1. The third kappa shape index (κ3) is 5.96. The lowest BCUT2D eigenvalue weighted by atomic mass is 9.94. The molecule has 0 aliphatic rings. The average molecular weight is 789 g/mol. The Balaban J connectivity index is 1.02. The molecule has 1 aromatic heterocycles. The summed E-state index contributed by atoms with van der Waals surface area (Å²) in [6.07, 6.45) is 0. The van der Waals surface area contributed by atoms with Crippen LogP contribution in [0.4, 0.5) is 17.1 Å². The fourth-order valence-electron chi connectivity index (χ4n) is 9.66. The molecule has 62 heavy (non-hydrogen) atoms. The Morgan fingerprint density at radius 1 is 0.274 bits per heavy atom. The molecule has 0 saturated carbocycles. The molecule has 0 atom stereocenters. The summed E-state index contributed by atoms with van der Waals surface area (Å²) >= 11 is 0. The summed E-state index contributed by atoms with van der Waals surface area (Å²) in [6.45, 7) is 0. The van der Waals surface area contributed by atoms with E-state index in [1.54, 1.807) is 0 Å². The Morgan fingerprint density at radius 2 is 0.790 bits per heavy atom. The van der Waals surface area contributed by atoms with E-state index in [-0.39, 0.29) is 0 Å². The third-order valence-electron chi connectivity index (χ3n) is 12.6. The lowest BCUT2D eigenvalue weighted by Gasteiger charge is -2.28. The van der Waals surface area contributed by atoms with E-state index in [2.05, 4.69) is 252 Å². The van der Waals surface area contributed by atoms with E-state index in [4.69, 9.17) is 0 Å². The van der Waals surface area contributed by atoms with Gasteiger partial charge < -0.3 is 9.47 Å². The van der Waals surface area contributed by atoms with Crippen molar-refractivity contribution in [2.75, 3.05) is 4.90 Å². The van der Waals surface area contributed by atoms with E-state index in [0.29, 0.717) is 0 Å². The molecular weight excluding hydrogens is 749 g/mol. The predicted molar refractivity (Wildman–Crippen MR) is 264 cm³/mol. The molecule has 0 radical (unpaired) electrons. The molecule has 0 aliphatic heterocycles. The van der Waals surface area contributed by atoms with Crippen molar-refractivity contribution in [3.05, 3.63) is 243 Å². The maximum Gasteiger partial charge on any atom is 0.0541 e. The minimum absolute atomic E-state index is 1.09. The maximum absolute atomic E-state index is 2.43. The van der Waals surface area contributed by atoms with Crippen LogP contribution in [0.2, 0.25) is 0 Å². The summed E-state index contributed by atoms with van der Waals surface area (Å²) in [7, 11) is 0. The minimum atomic E-state index is 1.09. The Bertz CT molecular complexity index is 3570. The number of hydrogen-bond donors (Lipinski definition) is 0. The average Bonchev–Trinajstić information content (AvgIpc) is 3.68. The molecule has 0 N–H and O–H groups in total. The third-order valence-corrected chi connectivity index (χ3v) is 12.6. The van der Waals surface area contributed by atoms with Crippen molar-refractivity contribution in [2.45, 2.75) is 0 Å². The molecule has 0 fully saturated rings. The molecule has 11 aromatic carbocycles. The van der Waals surface area contributed by atoms with Gasteiger partial charge in [0.15, 0.2) is 0 Å². The molecule has 2 nitrogen and oxygen atoms in total. The van der Waals surface area contributed by atoms with Crippen LogP contribution in [0, 0.1) is 0 Å². The van der Waals surface area contributed by atoms with Gasteiger partial charge in [0.1, 0.15) is 0 Å². The molecule has 12 aromatic rings. The molecule has 290 valence electrons. The van der Waals surface area contributed by atoms with Gasteiger partial charge in [-0.15, -0.1) is 0 Å². The van der Waals surface area contributed by atoms with E-state index in [0.717, 1.165) is 22.7 Å². The molecule has 0 amide bonds. The fraction of sp³-hybridized carbons (Fsp3) is 0. The van der Waals surface area contributed by atoms with Crippen LogP contribution in [0.1, 0.15) is 0 Å². The van der Waals surface area contributed by atoms with Gasteiger partial charge in [-0.3, -0.25) is 0 Å². The highest BCUT2D eigenvalue weighted by Crippen LogP contribution is 2.45. The standard InChI is InChI=1S/C60H40N2/c1-2-16-45-40-46(29-28-41(45)14-1)42-30-34-47(35-31-42)61(48-36-32-44(33-37-48)50-24-13-17-43-15-3-4-18-49(43)50)60-39-38-52(51-19-5-6-20-53(51)60)54-21-7-10-25-57(54)62-58-26-11-8-22-55(58)56-23-9-12-27-59(56)62/h1-40H. The summed E-state index contributed by atoms with van der Waals surface area (Å²) in [4.78, 5) is 2.42. The zero-order chi connectivity index (χ0) is 41.0. The molecule has 12 rings (SSSR count). The van der Waals surface area contributed by atoms with E-state index >= 15 is 0 Å². The Labute approximate surface area is 360 Å². The molecule has 2 heteroatoms. The van der Waals surface area contributed by atoms with E-state index in [9.17, 15) is 0 Å². The SMILES string of the molecule is c1ccc(-n2c3ccccc3c3ccccc32)c(-c2ccc(N(c3ccc(-c4ccc5ccccc5c4)cc3)c3ccc(-c4cccc5ccccc45)cc3)c3ccccc23)c1. The molecular formula is C60H40N2. The largest absolute Gasteiger partial charge is 0.310 e. The summed E-state index contributed by atoms with van der Waals surface area (Å²) in [5, 5.41) is 9.88. The van der Waals surface area contributed by atoms with Crippen LogP contribution in [0.5, 0.6) is 0 Å². The van der Waals surface area contributed by atoms with Crippen LogP contribution in [0.25, 0.3) is 93.2 Å². The smallest absolute Gasteiger partial charge is 0.0541 e. The van der Waals surface area contributed by atoms with Crippen molar-refractivity contribution in [3.8, 4) is 39.1 Å². The summed E-state index contributed by atoms with van der Waals surface area (Å²) in [5.74, 6) is 0. The lowest BCUT2D eigenvalue weighted by Crippen LogP contribution is -2.10. The monoisotopic (exact) mass is 788 g/mol. The van der Waals surface area contributed by atoms with Crippen molar-refractivity contribution in [1.82, 2.24) is 4.57 Å². The van der Waals surface area contributed by atoms with Gasteiger partial charge in [0.2, 0.25) is 0 Å². The van der Waals surface area contributed by atoms with E-state index in [1.807, 2.05) is 0 Å². The second-order valence-corrected chi connectivity index (χ2v) is 16.1. The summed E-state index contributed by atoms with van der Waals surface area (Å²) in [5.41, 5.74) is 14.1. The first-order chi connectivity index (χ1) is 30.8. The van der Waals surface area contributed by atoms with Crippen molar-refractivity contribution in [3.63, 3.8) is 0 Å². The van der Waals surface area contributed by atoms with Crippen LogP contribution >= 0.6 is 0 Å². The van der Waals surface area contributed by atoms with Crippen LogP contribution in [-0.4, -0.2) is 4.57 Å². The number of para-hydroxylation sites is 3. The number of nitrogens with zero attached hydrogens (tertiary/aromatic N) is 2. The number of hydrogen-bond acceptors (Lipinski definition) is 1. The molecule has 0 bridgehead atoms. The Kier molecular flexibility index (Phi) is 8.53. The normalized spacial score (nSPS) is 11.5. The minimum Gasteiger partial charge on any atom is -0.310 e. The Hall–Kier alpha value is -8.20. The number of anilines is 3. The number of aromatic nitrogens is 1. The number of benzene rings is 11. The highest BCUT2D eigenvalue weighted by Gasteiger charge is 2.21. The van der Waals surface area contributed by atoms with Gasteiger partial charge in [-0.05, 0) is 109 Å². The van der Waals surface area contributed by atoms with E-state index in [1.165, 1.54) is 87.5 Å². The van der Waals surface area contributed by atoms with Crippen LogP contribution in [0.3, 0.4) is 0 Å². The van der Waals surface area contributed by atoms with Crippen LogP contribution < -0.4 is 4.90 Å². The van der Waals surface area contributed by atoms with Gasteiger partial charge in [-0.25, -0.2) is 0 Å². The van der Waals surface area contributed by atoms with Crippen LogP contribution in [0.15, 0.2) is 243 Å². The lowest BCUT2D eigenvalue weighted by molar-refractivity contribution is 1.18. The molecule has 0 spiro atoms. The van der Waals surface area contributed by atoms with Crippen LogP contribution in [-0.2, 0) is 0 Å². The van der Waals surface area contributed by atoms with Gasteiger partial charge in [-0.1, -0.05) is 188 Å². The fourth-order valence-corrected chi connectivity index (χ4v) is 9.66. The van der Waals surface area contributed by atoms with Crippen molar-refractivity contribution < 1.29 is 0 Å². The zero-order valence-electron chi connectivity index (χ0n) is 34.0. The zero-order valence-corrected chi connectivity index (χ0v) is 34.0. The molecule has 1 heterocycles. The highest BCUT2D eigenvalue weighted by atomic mass is 15.1. The summed E-state index contributed by atoms with van der Waals surface area (Å²) in [6, 6.07) is 88.5. The number of rotatable bonds is 7. The van der Waals surface area contributed by atoms with Crippen molar-refractivity contribution in [2.24, 2.45) is 0 Å². The first-order valence-electron chi connectivity index (χ1n) is 21.3. The first kappa shape index (κ1) is 35.7. The molecule has 0 saturated heterocycles. The quantitative estimate of drug-likeness (QED) is 0.156. The summed E-state index contributed by atoms with van der Waals surface area (Å²) < 4.78 is 2.43. The van der Waals surface area contributed by atoms with Crippen molar-refractivity contribution >= 4 is 71.2 Å². The predicted octanol–water partition coefficient (Wildman–Crippen LogP) is 16.7. The highest BCUT2D eigenvalue weighted by molar-refractivity contribution is 6.11. The maximum atomic E-state index is 2.43. The number of fused-ring (bicyclic) bond motifs is 6. The first-order valence-corrected chi connectivity index (χ1v) is 21.3. The van der Waals surface area contributed by atoms with Gasteiger partial charge in [-0.2, -0.15) is 0 Å². The van der Waals surface area contributed by atoms with Crippen molar-refractivity contribution in [1.29, 1.82) is 0 Å². The van der Waals surface area contributed by atoms with Gasteiger partial charge in [0.05, 0.1) is 22.4 Å².